The van der Waals surface area contributed by atoms with Crippen molar-refractivity contribution >= 4 is 15.8 Å². The van der Waals surface area contributed by atoms with E-state index in [1.807, 2.05) is 13.8 Å². The fourth-order valence-corrected chi connectivity index (χ4v) is 3.82. The van der Waals surface area contributed by atoms with Crippen LogP contribution >= 0.6 is 0 Å². The van der Waals surface area contributed by atoms with E-state index in [0.29, 0.717) is 25.3 Å². The van der Waals surface area contributed by atoms with Gasteiger partial charge in [-0.3, -0.25) is 4.79 Å². The van der Waals surface area contributed by atoms with Crippen LogP contribution < -0.4 is 0 Å². The fraction of sp³-hybridized carbons (Fsp3) is 0.500. The standard InChI is InChI=1S/C14H19NO4S/c1-11(16)12-5-4-6-13(9-12)20(17,18)15-7-8-19-14(2,3)10-15/h4-6,9H,7-8,10H2,1-3H3. The maximum absolute atomic E-state index is 12.6. The minimum atomic E-state index is -3.59. The zero-order valence-electron chi connectivity index (χ0n) is 11.9. The molecule has 0 unspecified atom stereocenters. The van der Waals surface area contributed by atoms with Gasteiger partial charge in [-0.15, -0.1) is 0 Å². The maximum Gasteiger partial charge on any atom is 0.243 e. The van der Waals surface area contributed by atoms with Crippen LogP contribution in [0, 0.1) is 0 Å². The van der Waals surface area contributed by atoms with Gasteiger partial charge in [0.1, 0.15) is 0 Å². The fourth-order valence-electron chi connectivity index (χ4n) is 2.20. The van der Waals surface area contributed by atoms with Crippen LogP contribution in [0.2, 0.25) is 0 Å². The number of benzene rings is 1. The average molecular weight is 297 g/mol. The molecule has 0 spiro atoms. The van der Waals surface area contributed by atoms with E-state index < -0.39 is 15.6 Å². The minimum absolute atomic E-state index is 0.149. The summed E-state index contributed by atoms with van der Waals surface area (Å²) in [5.74, 6) is -0.149. The van der Waals surface area contributed by atoms with Gasteiger partial charge in [0.2, 0.25) is 10.0 Å². The van der Waals surface area contributed by atoms with Crippen molar-refractivity contribution in [3.05, 3.63) is 29.8 Å². The molecule has 1 aliphatic heterocycles. The molecule has 0 aliphatic carbocycles. The van der Waals surface area contributed by atoms with Crippen LogP contribution in [0.5, 0.6) is 0 Å². The predicted octanol–water partition coefficient (Wildman–Crippen LogP) is 1.69. The van der Waals surface area contributed by atoms with Crippen molar-refractivity contribution in [3.63, 3.8) is 0 Å². The molecule has 110 valence electrons. The Kier molecular flexibility index (Phi) is 4.00. The molecule has 1 aromatic carbocycles. The van der Waals surface area contributed by atoms with E-state index in [9.17, 15) is 13.2 Å². The Labute approximate surface area is 119 Å². The van der Waals surface area contributed by atoms with Gasteiger partial charge in [0.05, 0.1) is 17.1 Å². The molecule has 0 saturated carbocycles. The Hall–Kier alpha value is -1.24. The molecule has 1 heterocycles. The highest BCUT2D eigenvalue weighted by Crippen LogP contribution is 2.24. The van der Waals surface area contributed by atoms with Gasteiger partial charge < -0.3 is 4.74 Å². The van der Waals surface area contributed by atoms with E-state index in [1.165, 1.54) is 23.4 Å². The lowest BCUT2D eigenvalue weighted by molar-refractivity contribution is -0.0640. The van der Waals surface area contributed by atoms with Gasteiger partial charge >= 0.3 is 0 Å². The van der Waals surface area contributed by atoms with E-state index in [2.05, 4.69) is 0 Å². The van der Waals surface area contributed by atoms with Gasteiger partial charge in [0, 0.05) is 18.7 Å². The van der Waals surface area contributed by atoms with E-state index >= 15 is 0 Å². The number of sulfonamides is 1. The topological polar surface area (TPSA) is 63.7 Å². The SMILES string of the molecule is CC(=O)c1cccc(S(=O)(=O)N2CCOC(C)(C)C2)c1. The Balaban J connectivity index is 2.35. The molecule has 5 nitrogen and oxygen atoms in total. The summed E-state index contributed by atoms with van der Waals surface area (Å²) >= 11 is 0. The van der Waals surface area contributed by atoms with Crippen LogP contribution in [0.4, 0.5) is 0 Å². The van der Waals surface area contributed by atoms with Crippen LogP contribution in [-0.4, -0.2) is 43.8 Å². The Bertz CT molecular complexity index is 622. The molecule has 0 amide bonds. The highest BCUT2D eigenvalue weighted by atomic mass is 32.2. The summed E-state index contributed by atoms with van der Waals surface area (Å²) < 4.78 is 32.2. The van der Waals surface area contributed by atoms with Gasteiger partial charge in [-0.05, 0) is 32.9 Å². The molecule has 6 heteroatoms. The number of hydrogen-bond donors (Lipinski definition) is 0. The lowest BCUT2D eigenvalue weighted by Crippen LogP contribution is -2.50. The molecule has 0 atom stereocenters. The second-order valence-electron chi connectivity index (χ2n) is 5.53. The molecule has 1 aromatic rings. The van der Waals surface area contributed by atoms with Crippen molar-refractivity contribution in [2.75, 3.05) is 19.7 Å². The smallest absolute Gasteiger partial charge is 0.243 e. The van der Waals surface area contributed by atoms with Gasteiger partial charge in [0.15, 0.2) is 5.78 Å². The summed E-state index contributed by atoms with van der Waals surface area (Å²) in [6, 6.07) is 6.16. The number of Topliss-reactive ketones (excluding diaryl/α,β-unsaturated/α-hetero) is 1. The van der Waals surface area contributed by atoms with Gasteiger partial charge in [0.25, 0.3) is 0 Å². The highest BCUT2D eigenvalue weighted by Gasteiger charge is 2.34. The van der Waals surface area contributed by atoms with Gasteiger partial charge in [-0.25, -0.2) is 8.42 Å². The maximum atomic E-state index is 12.6. The van der Waals surface area contributed by atoms with Crippen LogP contribution in [0.15, 0.2) is 29.2 Å². The van der Waals surface area contributed by atoms with Crippen LogP contribution in [0.1, 0.15) is 31.1 Å². The highest BCUT2D eigenvalue weighted by molar-refractivity contribution is 7.89. The third-order valence-corrected chi connectivity index (χ3v) is 5.11. The van der Waals surface area contributed by atoms with E-state index in [1.54, 1.807) is 12.1 Å². The third-order valence-electron chi connectivity index (χ3n) is 3.27. The first-order valence-electron chi connectivity index (χ1n) is 6.47. The largest absolute Gasteiger partial charge is 0.373 e. The summed E-state index contributed by atoms with van der Waals surface area (Å²) in [6.07, 6.45) is 0. The van der Waals surface area contributed by atoms with Gasteiger partial charge in [-0.2, -0.15) is 4.31 Å². The van der Waals surface area contributed by atoms with Crippen molar-refractivity contribution in [3.8, 4) is 0 Å². The van der Waals surface area contributed by atoms with Crippen LogP contribution in [0.25, 0.3) is 0 Å². The normalized spacial score (nSPS) is 19.8. The molecule has 1 fully saturated rings. The van der Waals surface area contributed by atoms with Crippen molar-refractivity contribution in [2.24, 2.45) is 0 Å². The number of morpholine rings is 1. The molecule has 0 bridgehead atoms. The Morgan fingerprint density at radius 2 is 2.05 bits per heavy atom. The zero-order valence-corrected chi connectivity index (χ0v) is 12.7. The van der Waals surface area contributed by atoms with Crippen molar-refractivity contribution in [1.29, 1.82) is 0 Å². The first-order chi connectivity index (χ1) is 9.22. The number of rotatable bonds is 3. The molecule has 2 rings (SSSR count). The number of hydrogen-bond acceptors (Lipinski definition) is 4. The Morgan fingerprint density at radius 1 is 1.35 bits per heavy atom. The summed E-state index contributed by atoms with van der Waals surface area (Å²) in [7, 11) is -3.59. The number of nitrogens with zero attached hydrogens (tertiary/aromatic N) is 1. The molecular weight excluding hydrogens is 278 g/mol. The summed E-state index contributed by atoms with van der Waals surface area (Å²) in [5, 5.41) is 0. The molecule has 0 radical (unpaired) electrons. The number of ether oxygens (including phenoxy) is 1. The number of ketones is 1. The van der Waals surface area contributed by atoms with Crippen molar-refractivity contribution in [2.45, 2.75) is 31.3 Å². The van der Waals surface area contributed by atoms with E-state index in [-0.39, 0.29) is 10.7 Å². The first-order valence-corrected chi connectivity index (χ1v) is 7.91. The lowest BCUT2D eigenvalue weighted by atomic mass is 10.1. The third kappa shape index (κ3) is 3.08. The second-order valence-corrected chi connectivity index (χ2v) is 7.47. The molecular formula is C14H19NO4S. The first kappa shape index (κ1) is 15.2. The number of carbonyl (C=O) groups is 1. The minimum Gasteiger partial charge on any atom is -0.373 e. The van der Waals surface area contributed by atoms with Gasteiger partial charge in [-0.1, -0.05) is 12.1 Å². The predicted molar refractivity (Wildman–Crippen MR) is 75.2 cm³/mol. The average Bonchev–Trinajstić information content (AvgIpc) is 2.37. The molecule has 1 saturated heterocycles. The summed E-state index contributed by atoms with van der Waals surface area (Å²) in [6.45, 7) is 6.15. The lowest BCUT2D eigenvalue weighted by Gasteiger charge is -2.37. The van der Waals surface area contributed by atoms with Crippen LogP contribution in [0.3, 0.4) is 0 Å². The second kappa shape index (κ2) is 5.27. The molecule has 1 aliphatic rings. The molecule has 0 N–H and O–H groups in total. The molecule has 20 heavy (non-hydrogen) atoms. The van der Waals surface area contributed by atoms with Crippen molar-refractivity contribution in [1.82, 2.24) is 4.31 Å². The summed E-state index contributed by atoms with van der Waals surface area (Å²) in [5.41, 5.74) is -0.0950. The van der Waals surface area contributed by atoms with E-state index in [4.69, 9.17) is 4.74 Å². The zero-order chi connectivity index (χ0) is 15.0. The molecule has 0 aromatic heterocycles. The van der Waals surface area contributed by atoms with E-state index in [0.717, 1.165) is 0 Å². The number of carbonyl (C=O) groups excluding carboxylic acids is 1. The Morgan fingerprint density at radius 3 is 2.65 bits per heavy atom. The van der Waals surface area contributed by atoms with Crippen LogP contribution in [-0.2, 0) is 14.8 Å². The monoisotopic (exact) mass is 297 g/mol. The van der Waals surface area contributed by atoms with Crippen molar-refractivity contribution < 1.29 is 17.9 Å². The summed E-state index contributed by atoms with van der Waals surface area (Å²) in [4.78, 5) is 11.5. The quantitative estimate of drug-likeness (QED) is 0.796.